The Balaban J connectivity index is 0.000000177. The molecule has 41 heteroatoms. The molecule has 4 aromatic heterocycles. The number of aromatic carboxylic acids is 1. The van der Waals surface area contributed by atoms with Crippen molar-refractivity contribution in [3.8, 4) is 33.4 Å². The fourth-order valence-electron chi connectivity index (χ4n) is 16.1. The quantitative estimate of drug-likeness (QED) is 0.0240. The minimum Gasteiger partial charge on any atom is -0.870 e. The van der Waals surface area contributed by atoms with Gasteiger partial charge in [-0.15, -0.1) is 0 Å². The Labute approximate surface area is 851 Å². The molecule has 5 fully saturated rings. The van der Waals surface area contributed by atoms with Crippen molar-refractivity contribution in [3.05, 3.63) is 360 Å². The van der Waals surface area contributed by atoms with Crippen LogP contribution in [-0.4, -0.2) is 163 Å². The number of carbonyl (C=O) groups excluding carboxylic acids is 7. The van der Waals surface area contributed by atoms with Crippen LogP contribution in [0.3, 0.4) is 0 Å². The Hall–Kier alpha value is -13.1. The number of carboxylic acid groups (broad SMARTS) is 1. The number of methoxy groups -OCH3 is 2. The molecule has 0 amide bonds. The van der Waals surface area contributed by atoms with E-state index in [9.17, 15) is 114 Å². The van der Waals surface area contributed by atoms with Gasteiger partial charge in [-0.05, 0) is 183 Å². The zero-order valence-corrected chi connectivity index (χ0v) is 81.1. The van der Waals surface area contributed by atoms with E-state index < -0.39 is 128 Å². The molecule has 5 saturated heterocycles. The predicted octanol–water partition coefficient (Wildman–Crippen LogP) is 17.7. The third-order valence-electron chi connectivity index (χ3n) is 25.7. The van der Waals surface area contributed by atoms with Gasteiger partial charge in [0, 0.05) is 79.1 Å². The Kier molecular flexibility index (Phi) is 36.1. The van der Waals surface area contributed by atoms with Crippen LogP contribution in [0.4, 0.5) is 70.2 Å². The number of hydrogen-bond acceptors (Lipinski definition) is 21. The van der Waals surface area contributed by atoms with Crippen LogP contribution in [0.2, 0.25) is 0 Å². The maximum absolute atomic E-state index is 13.2. The number of alkyl halides is 12. The molecule has 12 aromatic rings. The zero-order valence-electron chi connectivity index (χ0n) is 79.5. The molecule has 5 aliphatic heterocycles. The van der Waals surface area contributed by atoms with Gasteiger partial charge in [-0.1, -0.05) is 153 Å². The molecule has 8 aromatic carbocycles. The third kappa shape index (κ3) is 26.0. The van der Waals surface area contributed by atoms with Gasteiger partial charge in [-0.2, -0.15) is 52.7 Å². The minimum atomic E-state index is -4.77. The molecule has 0 aliphatic carbocycles. The van der Waals surface area contributed by atoms with Crippen molar-refractivity contribution in [3.63, 3.8) is 0 Å². The number of pyridine rings is 4. The van der Waals surface area contributed by atoms with Crippen LogP contribution in [0, 0.1) is 23.3 Å². The van der Waals surface area contributed by atoms with Crippen molar-refractivity contribution >= 4 is 75.3 Å². The van der Waals surface area contributed by atoms with Crippen molar-refractivity contribution in [1.29, 1.82) is 0 Å². The van der Waals surface area contributed by atoms with Crippen LogP contribution in [0.1, 0.15) is 150 Å². The second-order valence-electron chi connectivity index (χ2n) is 35.6. The molecule has 0 bridgehead atoms. The van der Waals surface area contributed by atoms with E-state index in [1.807, 2.05) is 52.0 Å². The molecule has 0 atom stereocenters. The zero-order chi connectivity index (χ0) is 105. The first-order chi connectivity index (χ1) is 68.4. The van der Waals surface area contributed by atoms with Gasteiger partial charge in [-0.3, -0.25) is 43.9 Å². The van der Waals surface area contributed by atoms with E-state index >= 15 is 0 Å². The average Bonchev–Trinajstić information content (AvgIpc) is 1.73. The number of ether oxygens (including phenoxy) is 6. The summed E-state index contributed by atoms with van der Waals surface area (Å²) in [6, 6.07) is 53.2. The summed E-state index contributed by atoms with van der Waals surface area (Å²) in [7, 11) is 1.73. The molecular weight excluding hydrogens is 2020 g/mol. The first-order valence-corrected chi connectivity index (χ1v) is 45.2. The first-order valence-electron chi connectivity index (χ1n) is 44.5. The number of Topliss-reactive ketones (excluding diaryl/α,β-unsaturated/α-hetero) is 5. The normalized spacial score (nSPS) is 15.7. The number of ketones is 5. The summed E-state index contributed by atoms with van der Waals surface area (Å²) in [5.41, 5.74) is -1.41. The molecule has 764 valence electrons. The molecular formula is C106H89BBrF16LiN4O18. The molecule has 0 spiro atoms. The fourth-order valence-corrected chi connectivity index (χ4v) is 16.5. The monoisotopic (exact) mass is 2110 g/mol. The van der Waals surface area contributed by atoms with Gasteiger partial charge in [0.2, 0.25) is 0 Å². The predicted molar refractivity (Wildman–Crippen MR) is 500 cm³/mol. The van der Waals surface area contributed by atoms with E-state index in [4.69, 9.17) is 28.3 Å². The van der Waals surface area contributed by atoms with Gasteiger partial charge in [-0.25, -0.2) is 31.9 Å². The number of hydrogen-bond donors (Lipinski definition) is 1. The standard InChI is InChI=1S/C26H21F4NO3.C25H19F4NO4.C24H17F4NO4.C23H26BFO4.C8H5BrF3NO2.Li.H2O/c1-2-22(32)20-12-23(26(28,29)30)31-13-21(20)17-5-7-18(8-6-17)25(14-34-15-25)24(33)11-16-3-9-19(27)10-4-16;1-33-23(32)19-11-21(25(27,28)29)30-12-20(19)16-4-6-17(7-5-16)24(13-34-14-24)22(31)10-15-2-8-18(26)9-3-15;25-17-7-1-14(2-8-17)9-21(30)23(12-33-13-23)16-5-3-15(4-6-16)19-11-29-20(24(26,27)28)10-18(19)22(31)32;1-21(2)22(3,4)29-24(28-21)18-9-7-17(8-10-18)23(14-27-15-23)20(26)13-16-5-11-19(25)12-6-16;1-15-7(14)4-2-6(8(10,11)12)13-3-5(4)9;;/h3-10,12-13H,2,11,14-15H2,1H3;2-9,11-12H,10,13-14H2,1H3;1-8,10-11H,9,12-13H2,(H,31,32);5-12H,13-15H2,1-4H3;2-3H,1H3;;1H2/q;;;;;+1;/p-1. The van der Waals surface area contributed by atoms with E-state index in [-0.39, 0.29) is 163 Å². The second-order valence-corrected chi connectivity index (χ2v) is 36.5. The van der Waals surface area contributed by atoms with Crippen LogP contribution in [0.5, 0.6) is 0 Å². The molecule has 5 aliphatic rings. The van der Waals surface area contributed by atoms with Crippen LogP contribution in [0.25, 0.3) is 33.4 Å². The van der Waals surface area contributed by atoms with Crippen molar-refractivity contribution in [1.82, 2.24) is 19.9 Å². The van der Waals surface area contributed by atoms with Gasteiger partial charge < -0.3 is 48.3 Å². The van der Waals surface area contributed by atoms with Crippen molar-refractivity contribution in [2.75, 3.05) is 67.1 Å². The Bertz CT molecular complexity index is 6560. The summed E-state index contributed by atoms with van der Waals surface area (Å²) >= 11 is 2.91. The topological polar surface area (TPSA) is 312 Å². The van der Waals surface area contributed by atoms with E-state index in [1.165, 1.54) is 72.8 Å². The second kappa shape index (κ2) is 46.5. The molecule has 0 saturated carbocycles. The van der Waals surface area contributed by atoms with E-state index in [2.05, 4.69) is 45.3 Å². The average molecular weight is 2110 g/mol. The number of benzene rings is 8. The van der Waals surface area contributed by atoms with Gasteiger partial charge >= 0.3 is 68.6 Å². The number of aromatic nitrogens is 4. The molecule has 17 rings (SSSR count). The first kappa shape index (κ1) is 114. The summed E-state index contributed by atoms with van der Waals surface area (Å²) in [6.45, 7) is 11.5. The number of carboxylic acids is 1. The SMILES string of the molecule is CC1(C)OB(c2ccc(C3(C(=O)Cc4ccc(F)cc4)COC3)cc2)OC1(C)C.CCC(=O)c1cc(C(F)(F)F)ncc1-c1ccc(C2(C(=O)Cc3ccc(F)cc3)COC2)cc1.COC(=O)c1cc(C(F)(F)F)ncc1-c1ccc(C2(C(=O)Cc3ccc(F)cc3)COC2)cc1.COC(=O)c1cc(C(F)(F)F)ncc1Br.O=C(O)c1cc(C(F)(F)F)ncc1-c1ccc(C2(C(=O)Cc3ccc(F)cc3)COC2)cc1.[Li+].[OH-]. The van der Waals surface area contributed by atoms with Gasteiger partial charge in [0.05, 0.1) is 99.4 Å². The summed E-state index contributed by atoms with van der Waals surface area (Å²) < 4.78 is 249. The van der Waals surface area contributed by atoms with E-state index in [0.29, 0.717) is 87.0 Å². The summed E-state index contributed by atoms with van der Waals surface area (Å²) in [4.78, 5) is 113. The van der Waals surface area contributed by atoms with Crippen molar-refractivity contribution in [2.24, 2.45) is 0 Å². The number of esters is 2. The number of carbonyl (C=O) groups is 8. The van der Waals surface area contributed by atoms with Gasteiger partial charge in [0.15, 0.2) is 28.9 Å². The van der Waals surface area contributed by atoms with Crippen LogP contribution in [0.15, 0.2) is 248 Å². The van der Waals surface area contributed by atoms with Crippen LogP contribution < -0.4 is 24.3 Å². The maximum Gasteiger partial charge on any atom is 1.00 e. The molecule has 2 N–H and O–H groups in total. The molecule has 0 unspecified atom stereocenters. The van der Waals surface area contributed by atoms with Crippen LogP contribution in [-0.2, 0) is 129 Å². The number of rotatable bonds is 25. The van der Waals surface area contributed by atoms with E-state index in [0.717, 1.165) is 61.7 Å². The summed E-state index contributed by atoms with van der Waals surface area (Å²) in [5, 5.41) is 9.40. The summed E-state index contributed by atoms with van der Waals surface area (Å²) in [5.74, 6) is -5.39. The molecule has 147 heavy (non-hydrogen) atoms. The largest absolute Gasteiger partial charge is 1.00 e. The fraction of sp³-hybridized carbons (Fsp3) is 0.283. The minimum absolute atomic E-state index is 0. The Morgan fingerprint density at radius 3 is 0.850 bits per heavy atom. The Morgan fingerprint density at radius 1 is 0.361 bits per heavy atom. The van der Waals surface area contributed by atoms with Crippen LogP contribution >= 0.6 is 15.9 Å². The van der Waals surface area contributed by atoms with Crippen molar-refractivity contribution < 1.29 is 176 Å². The number of halogens is 17. The molecule has 9 heterocycles. The summed E-state index contributed by atoms with van der Waals surface area (Å²) in [6.07, 6.45) is -14.3. The maximum atomic E-state index is 13.2. The van der Waals surface area contributed by atoms with Crippen molar-refractivity contribution in [2.45, 2.75) is 124 Å². The number of nitrogens with zero attached hydrogens (tertiary/aromatic N) is 4. The van der Waals surface area contributed by atoms with E-state index in [1.54, 1.807) is 104 Å². The van der Waals surface area contributed by atoms with Gasteiger partial charge in [0.1, 0.15) is 67.7 Å². The molecule has 0 radical (unpaired) electrons. The smallest absolute Gasteiger partial charge is 0.870 e. The third-order valence-corrected chi connectivity index (χ3v) is 26.3. The van der Waals surface area contributed by atoms with Gasteiger partial charge in [0.25, 0.3) is 0 Å². The Morgan fingerprint density at radius 2 is 0.599 bits per heavy atom. The molecule has 22 nitrogen and oxygen atoms in total.